The molecule has 1 aliphatic rings. The molecule has 1 aliphatic heterocycles. The average Bonchev–Trinajstić information content (AvgIpc) is 2.88. The van der Waals surface area contributed by atoms with Crippen LogP contribution in [0.15, 0.2) is 77.7 Å². The number of carbonyl (C=O) groups excluding carboxylic acids is 1. The van der Waals surface area contributed by atoms with Crippen LogP contribution in [0.3, 0.4) is 0 Å². The number of nitrogens with zero attached hydrogens (tertiary/aromatic N) is 1. The number of morpholine rings is 1. The third kappa shape index (κ3) is 6.76. The van der Waals surface area contributed by atoms with Crippen LogP contribution >= 0.6 is 0 Å². The maximum atomic E-state index is 13.0. The van der Waals surface area contributed by atoms with Crippen molar-refractivity contribution in [3.63, 3.8) is 0 Å². The van der Waals surface area contributed by atoms with Gasteiger partial charge in [0.25, 0.3) is 5.91 Å². The second-order valence-electron chi connectivity index (χ2n) is 8.63. The summed E-state index contributed by atoms with van der Waals surface area (Å²) in [5.74, 6) is -0.302. The summed E-state index contributed by atoms with van der Waals surface area (Å²) < 4.78 is 33.7. The van der Waals surface area contributed by atoms with E-state index in [0.717, 1.165) is 49.5 Å². The van der Waals surface area contributed by atoms with Crippen LogP contribution in [0.5, 0.6) is 0 Å². The second kappa shape index (κ2) is 11.6. The molecule has 8 heteroatoms. The van der Waals surface area contributed by atoms with E-state index in [-0.39, 0.29) is 17.3 Å². The van der Waals surface area contributed by atoms with E-state index in [1.165, 1.54) is 12.1 Å². The van der Waals surface area contributed by atoms with Gasteiger partial charge in [0.1, 0.15) is 0 Å². The Labute approximate surface area is 207 Å². The van der Waals surface area contributed by atoms with Crippen LogP contribution in [0.4, 0.5) is 0 Å². The summed E-state index contributed by atoms with van der Waals surface area (Å²) in [4.78, 5) is 15.5. The smallest absolute Gasteiger partial charge is 0.251 e. The molecule has 4 rings (SSSR count). The van der Waals surface area contributed by atoms with E-state index in [2.05, 4.69) is 21.0 Å². The van der Waals surface area contributed by atoms with Gasteiger partial charge in [0.05, 0.1) is 18.1 Å². The minimum atomic E-state index is -3.77. The molecule has 0 unspecified atom stereocenters. The van der Waals surface area contributed by atoms with Gasteiger partial charge in [-0.3, -0.25) is 9.69 Å². The number of hydrogen-bond donors (Lipinski definition) is 2. The van der Waals surface area contributed by atoms with Gasteiger partial charge >= 0.3 is 0 Å². The molecule has 1 heterocycles. The molecule has 0 aromatic heterocycles. The van der Waals surface area contributed by atoms with Gasteiger partial charge in [-0.25, -0.2) is 13.1 Å². The van der Waals surface area contributed by atoms with Gasteiger partial charge in [-0.2, -0.15) is 0 Å². The number of rotatable bonds is 9. The molecule has 3 aromatic carbocycles. The molecule has 0 spiro atoms. The van der Waals surface area contributed by atoms with E-state index in [9.17, 15) is 13.2 Å². The molecule has 3 aromatic rings. The quantitative estimate of drug-likeness (QED) is 0.478. The van der Waals surface area contributed by atoms with Crippen molar-refractivity contribution in [3.8, 4) is 0 Å². The van der Waals surface area contributed by atoms with Gasteiger partial charge in [-0.15, -0.1) is 0 Å². The molecule has 0 saturated carbocycles. The molecule has 184 valence electrons. The summed E-state index contributed by atoms with van der Waals surface area (Å²) >= 11 is 0. The van der Waals surface area contributed by atoms with E-state index < -0.39 is 10.0 Å². The number of benzene rings is 3. The Morgan fingerprint density at radius 3 is 2.34 bits per heavy atom. The lowest BCUT2D eigenvalue weighted by atomic mass is 10.1. The standard InChI is InChI=1S/C27H31N3O4S/c1-21-11-12-25(35(32,33)29-18-22-7-3-2-4-8-22)17-26(21)27(31)28-19-23-9-5-6-10-24(23)20-30-13-15-34-16-14-30/h2-12,17,29H,13-16,18-20H2,1H3,(H,28,31). The van der Waals surface area contributed by atoms with Crippen LogP contribution in [0.1, 0.15) is 32.6 Å². The summed E-state index contributed by atoms with van der Waals surface area (Å²) in [7, 11) is -3.77. The number of hydrogen-bond acceptors (Lipinski definition) is 5. The molecule has 7 nitrogen and oxygen atoms in total. The van der Waals surface area contributed by atoms with Gasteiger partial charge in [-0.1, -0.05) is 60.7 Å². The van der Waals surface area contributed by atoms with Gasteiger partial charge in [0, 0.05) is 38.3 Å². The maximum Gasteiger partial charge on any atom is 0.251 e. The lowest BCUT2D eigenvalue weighted by Crippen LogP contribution is -2.36. The summed E-state index contributed by atoms with van der Waals surface area (Å²) in [5, 5.41) is 2.97. The third-order valence-corrected chi connectivity index (χ3v) is 7.53. The molecule has 0 bridgehead atoms. The van der Waals surface area contributed by atoms with Gasteiger partial charge in [0.2, 0.25) is 10.0 Å². The zero-order chi connectivity index (χ0) is 24.7. The molecule has 0 radical (unpaired) electrons. The average molecular weight is 494 g/mol. The SMILES string of the molecule is Cc1ccc(S(=O)(=O)NCc2ccccc2)cc1C(=O)NCc1ccccc1CN1CCOCC1. The molecular formula is C27H31N3O4S. The summed E-state index contributed by atoms with van der Waals surface area (Å²) in [6.45, 7) is 6.39. The Morgan fingerprint density at radius 1 is 0.914 bits per heavy atom. The fourth-order valence-corrected chi connectivity index (χ4v) is 5.07. The largest absolute Gasteiger partial charge is 0.379 e. The third-order valence-electron chi connectivity index (χ3n) is 6.13. The number of sulfonamides is 1. The van der Waals surface area contributed by atoms with Crippen molar-refractivity contribution in [2.24, 2.45) is 0 Å². The highest BCUT2D eigenvalue weighted by Gasteiger charge is 2.19. The van der Waals surface area contributed by atoms with Gasteiger partial charge in [0.15, 0.2) is 0 Å². The van der Waals surface area contributed by atoms with Crippen LogP contribution in [0.2, 0.25) is 0 Å². The van der Waals surface area contributed by atoms with E-state index >= 15 is 0 Å². The predicted octanol–water partition coefficient (Wildman–Crippen LogP) is 3.24. The van der Waals surface area contributed by atoms with Crippen LogP contribution in [0.25, 0.3) is 0 Å². The maximum absolute atomic E-state index is 13.0. The highest BCUT2D eigenvalue weighted by atomic mass is 32.2. The highest BCUT2D eigenvalue weighted by molar-refractivity contribution is 7.89. The summed E-state index contributed by atoms with van der Waals surface area (Å²) in [6, 6.07) is 22.0. The van der Waals surface area contributed by atoms with Crippen molar-refractivity contribution >= 4 is 15.9 Å². The normalized spacial score (nSPS) is 14.5. The Morgan fingerprint density at radius 2 is 1.60 bits per heavy atom. The predicted molar refractivity (Wildman–Crippen MR) is 135 cm³/mol. The van der Waals surface area contributed by atoms with Gasteiger partial charge < -0.3 is 10.1 Å². The summed E-state index contributed by atoms with van der Waals surface area (Å²) in [6.07, 6.45) is 0. The molecule has 1 saturated heterocycles. The number of nitrogens with one attached hydrogen (secondary N) is 2. The Hall–Kier alpha value is -3.04. The lowest BCUT2D eigenvalue weighted by Gasteiger charge is -2.27. The fraction of sp³-hybridized carbons (Fsp3) is 0.296. The molecule has 2 N–H and O–H groups in total. The highest BCUT2D eigenvalue weighted by Crippen LogP contribution is 2.18. The topological polar surface area (TPSA) is 87.7 Å². The zero-order valence-electron chi connectivity index (χ0n) is 19.9. The molecule has 35 heavy (non-hydrogen) atoms. The Balaban J connectivity index is 1.43. The first-order valence-corrected chi connectivity index (χ1v) is 13.2. The van der Waals surface area contributed by atoms with Crippen molar-refractivity contribution in [2.75, 3.05) is 26.3 Å². The lowest BCUT2D eigenvalue weighted by molar-refractivity contribution is 0.0340. The monoisotopic (exact) mass is 493 g/mol. The number of amides is 1. The van der Waals surface area contributed by atoms with Gasteiger partial charge in [-0.05, 0) is 41.3 Å². The van der Waals surface area contributed by atoms with Crippen LogP contribution in [0, 0.1) is 6.92 Å². The van der Waals surface area contributed by atoms with E-state index in [1.807, 2.05) is 48.5 Å². The first kappa shape index (κ1) is 25.1. The Bertz CT molecular complexity index is 1260. The number of carbonyl (C=O) groups is 1. The zero-order valence-corrected chi connectivity index (χ0v) is 20.7. The van der Waals surface area contributed by atoms with Crippen LogP contribution in [-0.2, 0) is 34.4 Å². The minimum absolute atomic E-state index is 0.0666. The van der Waals surface area contributed by atoms with Crippen molar-refractivity contribution in [1.29, 1.82) is 0 Å². The number of aryl methyl sites for hydroxylation is 1. The molecular weight excluding hydrogens is 462 g/mol. The van der Waals surface area contributed by atoms with E-state index in [0.29, 0.717) is 17.7 Å². The molecule has 0 aliphatic carbocycles. The van der Waals surface area contributed by atoms with Crippen molar-refractivity contribution in [3.05, 3.63) is 101 Å². The summed E-state index contributed by atoms with van der Waals surface area (Å²) in [5.41, 5.74) is 4.12. The first-order chi connectivity index (χ1) is 16.9. The van der Waals surface area contributed by atoms with Crippen molar-refractivity contribution < 1.29 is 17.9 Å². The molecule has 0 atom stereocenters. The number of ether oxygens (including phenoxy) is 1. The van der Waals surface area contributed by atoms with Crippen molar-refractivity contribution in [2.45, 2.75) is 31.5 Å². The van der Waals surface area contributed by atoms with Crippen molar-refractivity contribution in [1.82, 2.24) is 14.9 Å². The fourth-order valence-electron chi connectivity index (χ4n) is 4.03. The molecule has 1 amide bonds. The molecule has 1 fully saturated rings. The van der Waals surface area contributed by atoms with Crippen LogP contribution < -0.4 is 10.0 Å². The Kier molecular flexibility index (Phi) is 8.30. The van der Waals surface area contributed by atoms with E-state index in [1.54, 1.807) is 13.0 Å². The minimum Gasteiger partial charge on any atom is -0.379 e. The second-order valence-corrected chi connectivity index (χ2v) is 10.4. The first-order valence-electron chi connectivity index (χ1n) is 11.7. The van der Waals surface area contributed by atoms with Crippen LogP contribution in [-0.4, -0.2) is 45.5 Å². The van der Waals surface area contributed by atoms with E-state index in [4.69, 9.17) is 4.74 Å².